The summed E-state index contributed by atoms with van der Waals surface area (Å²) in [5.74, 6) is 1.45. The van der Waals surface area contributed by atoms with Crippen molar-refractivity contribution in [2.24, 2.45) is 5.92 Å². The van der Waals surface area contributed by atoms with Gasteiger partial charge in [0.2, 0.25) is 5.91 Å². The lowest BCUT2D eigenvalue weighted by molar-refractivity contribution is -0.120. The van der Waals surface area contributed by atoms with E-state index in [-0.39, 0.29) is 5.91 Å². The van der Waals surface area contributed by atoms with Crippen LogP contribution in [0.3, 0.4) is 0 Å². The number of thiocarbonyl (C=S) groups is 1. The lowest BCUT2D eigenvalue weighted by atomic mass is 10.00. The van der Waals surface area contributed by atoms with Crippen molar-refractivity contribution < 1.29 is 9.53 Å². The van der Waals surface area contributed by atoms with Gasteiger partial charge in [-0.15, -0.1) is 0 Å². The number of rotatable bonds is 5. The zero-order valence-corrected chi connectivity index (χ0v) is 15.0. The lowest BCUT2D eigenvalue weighted by Gasteiger charge is -2.32. The number of carbonyl (C=O) groups is 1. The molecule has 4 nitrogen and oxygen atoms in total. The molecule has 0 unspecified atom stereocenters. The number of halogens is 1. The predicted molar refractivity (Wildman–Crippen MR) is 96.9 cm³/mol. The molecule has 1 aromatic carbocycles. The Morgan fingerprint density at radius 2 is 2.00 bits per heavy atom. The topological polar surface area (TPSA) is 41.6 Å². The Morgan fingerprint density at radius 1 is 1.35 bits per heavy atom. The van der Waals surface area contributed by atoms with E-state index < -0.39 is 0 Å². The second-order valence-electron chi connectivity index (χ2n) is 5.93. The molecule has 0 aliphatic carbocycles. The maximum atomic E-state index is 11.9. The van der Waals surface area contributed by atoms with Crippen molar-refractivity contribution in [3.8, 4) is 5.75 Å². The van der Waals surface area contributed by atoms with Gasteiger partial charge < -0.3 is 15.0 Å². The molecular formula is C17H23ClN2O2S. The molecule has 0 bridgehead atoms. The Kier molecular flexibility index (Phi) is 7.12. The van der Waals surface area contributed by atoms with Gasteiger partial charge in [0.15, 0.2) is 5.11 Å². The van der Waals surface area contributed by atoms with Gasteiger partial charge in [-0.2, -0.15) is 0 Å². The van der Waals surface area contributed by atoms with Crippen LogP contribution in [0.4, 0.5) is 0 Å². The lowest BCUT2D eigenvalue weighted by Crippen LogP contribution is -2.46. The Labute approximate surface area is 148 Å². The molecule has 6 heteroatoms. The second-order valence-corrected chi connectivity index (χ2v) is 6.75. The highest BCUT2D eigenvalue weighted by molar-refractivity contribution is 7.80. The molecule has 0 aromatic heterocycles. The fourth-order valence-corrected chi connectivity index (χ4v) is 2.85. The van der Waals surface area contributed by atoms with Crippen LogP contribution < -0.4 is 10.1 Å². The summed E-state index contributed by atoms with van der Waals surface area (Å²) in [5, 5.41) is 4.05. The molecule has 1 heterocycles. The summed E-state index contributed by atoms with van der Waals surface area (Å²) < 4.78 is 5.56. The van der Waals surface area contributed by atoms with E-state index in [0.29, 0.717) is 29.6 Å². The number of nitrogens with one attached hydrogen (secondary N) is 1. The molecule has 1 aliphatic rings. The molecule has 1 aromatic rings. The van der Waals surface area contributed by atoms with E-state index in [9.17, 15) is 4.79 Å². The van der Waals surface area contributed by atoms with Gasteiger partial charge in [-0.05, 0) is 61.7 Å². The third kappa shape index (κ3) is 6.36. The summed E-state index contributed by atoms with van der Waals surface area (Å²) in [5.41, 5.74) is 0. The van der Waals surface area contributed by atoms with Gasteiger partial charge in [-0.3, -0.25) is 4.79 Å². The summed E-state index contributed by atoms with van der Waals surface area (Å²) in [7, 11) is 0. The van der Waals surface area contributed by atoms with Crippen molar-refractivity contribution in [3.05, 3.63) is 29.3 Å². The standard InChI is InChI=1S/C17H23ClN2O2S/c1-13-8-10-20(11-9-13)17(23)19-16(21)3-2-12-22-15-6-4-14(18)5-7-15/h4-7,13H,2-3,8-12H2,1H3,(H,19,21,23). The van der Waals surface area contributed by atoms with E-state index in [2.05, 4.69) is 17.1 Å². The van der Waals surface area contributed by atoms with Crippen LogP contribution in [0.2, 0.25) is 5.02 Å². The minimum absolute atomic E-state index is 0.0478. The number of piperidine rings is 1. The van der Waals surface area contributed by atoms with Crippen LogP contribution in [0, 0.1) is 5.92 Å². The summed E-state index contributed by atoms with van der Waals surface area (Å²) >= 11 is 11.1. The Bertz CT molecular complexity index is 528. The van der Waals surface area contributed by atoms with E-state index in [1.54, 1.807) is 12.1 Å². The number of ether oxygens (including phenoxy) is 1. The zero-order chi connectivity index (χ0) is 16.7. The van der Waals surface area contributed by atoms with Crippen LogP contribution >= 0.6 is 23.8 Å². The van der Waals surface area contributed by atoms with Crippen molar-refractivity contribution in [3.63, 3.8) is 0 Å². The SMILES string of the molecule is CC1CCN(C(=S)NC(=O)CCCOc2ccc(Cl)cc2)CC1. The molecule has 126 valence electrons. The first-order valence-electron chi connectivity index (χ1n) is 8.01. The molecule has 2 rings (SSSR count). The smallest absolute Gasteiger partial charge is 0.226 e. The van der Waals surface area contributed by atoms with Crippen molar-refractivity contribution in [1.29, 1.82) is 0 Å². The van der Waals surface area contributed by atoms with Crippen molar-refractivity contribution in [1.82, 2.24) is 10.2 Å². The van der Waals surface area contributed by atoms with E-state index in [0.717, 1.165) is 37.6 Å². The van der Waals surface area contributed by atoms with Gasteiger partial charge in [-0.1, -0.05) is 18.5 Å². The Morgan fingerprint density at radius 3 is 2.65 bits per heavy atom. The van der Waals surface area contributed by atoms with E-state index in [4.69, 9.17) is 28.6 Å². The third-order valence-electron chi connectivity index (χ3n) is 3.95. The monoisotopic (exact) mass is 354 g/mol. The van der Waals surface area contributed by atoms with Crippen LogP contribution in [-0.2, 0) is 4.79 Å². The highest BCUT2D eigenvalue weighted by Gasteiger charge is 2.18. The van der Waals surface area contributed by atoms with Crippen LogP contribution in [-0.4, -0.2) is 35.6 Å². The minimum Gasteiger partial charge on any atom is -0.494 e. The highest BCUT2D eigenvalue weighted by Crippen LogP contribution is 2.16. The first-order chi connectivity index (χ1) is 11.0. The highest BCUT2D eigenvalue weighted by atomic mass is 35.5. The maximum Gasteiger partial charge on any atom is 0.226 e. The largest absolute Gasteiger partial charge is 0.494 e. The van der Waals surface area contributed by atoms with E-state index in [1.165, 1.54) is 0 Å². The molecular weight excluding hydrogens is 332 g/mol. The number of hydrogen-bond acceptors (Lipinski definition) is 3. The molecule has 1 aliphatic heterocycles. The molecule has 23 heavy (non-hydrogen) atoms. The van der Waals surface area contributed by atoms with Crippen molar-refractivity contribution in [2.75, 3.05) is 19.7 Å². The number of nitrogens with zero attached hydrogens (tertiary/aromatic N) is 1. The van der Waals surface area contributed by atoms with Crippen LogP contribution in [0.5, 0.6) is 5.75 Å². The summed E-state index contributed by atoms with van der Waals surface area (Å²) in [6.45, 7) is 4.60. The molecule has 0 spiro atoms. The fourth-order valence-electron chi connectivity index (χ4n) is 2.43. The number of amides is 1. The summed E-state index contributed by atoms with van der Waals surface area (Å²) in [6.07, 6.45) is 3.31. The van der Waals surface area contributed by atoms with Gasteiger partial charge in [0.1, 0.15) is 5.75 Å². The van der Waals surface area contributed by atoms with E-state index >= 15 is 0 Å². The van der Waals surface area contributed by atoms with Gasteiger partial charge in [0.05, 0.1) is 6.61 Å². The van der Waals surface area contributed by atoms with Gasteiger partial charge >= 0.3 is 0 Å². The molecule has 1 amide bonds. The van der Waals surface area contributed by atoms with Crippen molar-refractivity contribution >= 4 is 34.8 Å². The van der Waals surface area contributed by atoms with Gasteiger partial charge in [-0.25, -0.2) is 0 Å². The predicted octanol–water partition coefficient (Wildman–Crippen LogP) is 3.63. The number of benzene rings is 1. The molecule has 0 saturated carbocycles. The average Bonchev–Trinajstić information content (AvgIpc) is 2.54. The molecule has 0 radical (unpaired) electrons. The van der Waals surface area contributed by atoms with Crippen molar-refractivity contribution in [2.45, 2.75) is 32.6 Å². The Hall–Kier alpha value is -1.33. The first-order valence-corrected chi connectivity index (χ1v) is 8.80. The van der Waals surface area contributed by atoms with Crippen LogP contribution in [0.15, 0.2) is 24.3 Å². The fraction of sp³-hybridized carbons (Fsp3) is 0.529. The number of likely N-dealkylation sites (tertiary alicyclic amines) is 1. The molecule has 0 atom stereocenters. The minimum atomic E-state index is -0.0478. The molecule has 1 saturated heterocycles. The van der Waals surface area contributed by atoms with E-state index in [1.807, 2.05) is 12.1 Å². The number of hydrogen-bond donors (Lipinski definition) is 1. The normalized spacial score (nSPS) is 15.3. The molecule has 1 fully saturated rings. The first kappa shape index (κ1) is 18.0. The van der Waals surface area contributed by atoms with Gasteiger partial charge in [0, 0.05) is 24.5 Å². The van der Waals surface area contributed by atoms with Crippen LogP contribution in [0.25, 0.3) is 0 Å². The third-order valence-corrected chi connectivity index (χ3v) is 4.56. The van der Waals surface area contributed by atoms with Crippen LogP contribution in [0.1, 0.15) is 32.6 Å². The second kappa shape index (κ2) is 9.08. The number of carbonyl (C=O) groups excluding carboxylic acids is 1. The summed E-state index contributed by atoms with van der Waals surface area (Å²) in [4.78, 5) is 14.0. The maximum absolute atomic E-state index is 11.9. The quantitative estimate of drug-likeness (QED) is 0.647. The zero-order valence-electron chi connectivity index (χ0n) is 13.4. The average molecular weight is 355 g/mol. The summed E-state index contributed by atoms with van der Waals surface area (Å²) in [6, 6.07) is 7.19. The Balaban J connectivity index is 1.61. The van der Waals surface area contributed by atoms with Gasteiger partial charge in [0.25, 0.3) is 0 Å². The molecule has 1 N–H and O–H groups in total.